The summed E-state index contributed by atoms with van der Waals surface area (Å²) in [6.45, 7) is 0.463. The summed E-state index contributed by atoms with van der Waals surface area (Å²) < 4.78 is 28.0. The Morgan fingerprint density at radius 2 is 1.91 bits per heavy atom. The third kappa shape index (κ3) is 2.84. The predicted molar refractivity (Wildman–Crippen MR) is 84.9 cm³/mol. The summed E-state index contributed by atoms with van der Waals surface area (Å²) in [7, 11) is 1.79. The minimum atomic E-state index is -0.553. The maximum Gasteiger partial charge on any atom is 0.149 e. The molecule has 114 valence electrons. The summed E-state index contributed by atoms with van der Waals surface area (Å²) in [5.41, 5.74) is 2.04. The second-order valence-corrected chi connectivity index (χ2v) is 5.25. The molecule has 0 radical (unpaired) electrons. The number of nitrogens with zero attached hydrogens (tertiary/aromatic N) is 3. The Balaban J connectivity index is 2.03. The molecule has 3 rings (SSSR count). The average molecular weight is 309 g/mol. The second-order valence-electron chi connectivity index (χ2n) is 5.25. The maximum atomic E-state index is 14.2. The number of fused-ring (bicyclic) bond motifs is 1. The number of anilines is 1. The number of nitriles is 1. The van der Waals surface area contributed by atoms with E-state index in [2.05, 4.69) is 11.1 Å². The first-order valence-corrected chi connectivity index (χ1v) is 7.03. The molecule has 0 aliphatic heterocycles. The zero-order valence-electron chi connectivity index (χ0n) is 12.4. The van der Waals surface area contributed by atoms with Gasteiger partial charge in [0.1, 0.15) is 17.2 Å². The van der Waals surface area contributed by atoms with E-state index in [9.17, 15) is 8.78 Å². The zero-order valence-corrected chi connectivity index (χ0v) is 12.4. The minimum absolute atomic E-state index is 0.0140. The number of pyridine rings is 1. The first-order chi connectivity index (χ1) is 11.1. The molecule has 0 N–H and O–H groups in total. The van der Waals surface area contributed by atoms with E-state index in [1.807, 2.05) is 11.0 Å². The summed E-state index contributed by atoms with van der Waals surface area (Å²) in [6.07, 6.45) is 1.46. The van der Waals surface area contributed by atoms with Crippen LogP contribution in [0.15, 0.2) is 48.7 Å². The van der Waals surface area contributed by atoms with Gasteiger partial charge in [0.25, 0.3) is 0 Å². The lowest BCUT2D eigenvalue weighted by Gasteiger charge is -2.21. The van der Waals surface area contributed by atoms with E-state index >= 15 is 0 Å². The van der Waals surface area contributed by atoms with Crippen LogP contribution in [0, 0.1) is 23.0 Å². The van der Waals surface area contributed by atoms with E-state index in [-0.39, 0.29) is 10.9 Å². The fourth-order valence-electron chi connectivity index (χ4n) is 2.59. The molecule has 3 nitrogen and oxygen atoms in total. The highest BCUT2D eigenvalue weighted by molar-refractivity contribution is 5.92. The molecule has 0 spiro atoms. The summed E-state index contributed by atoms with van der Waals surface area (Å²) in [6, 6.07) is 13.1. The number of halogens is 2. The molecule has 0 atom stereocenters. The number of hydrogen-bond acceptors (Lipinski definition) is 3. The van der Waals surface area contributed by atoms with Gasteiger partial charge in [0.05, 0.1) is 22.7 Å². The summed E-state index contributed by atoms with van der Waals surface area (Å²) >= 11 is 0. The first-order valence-electron chi connectivity index (χ1n) is 7.03. The monoisotopic (exact) mass is 309 g/mol. The quantitative estimate of drug-likeness (QED) is 0.733. The molecule has 0 bridgehead atoms. The van der Waals surface area contributed by atoms with Gasteiger partial charge in [-0.2, -0.15) is 5.26 Å². The van der Waals surface area contributed by atoms with Crippen LogP contribution in [0.3, 0.4) is 0 Å². The van der Waals surface area contributed by atoms with Crippen LogP contribution in [0.1, 0.15) is 11.1 Å². The molecule has 1 aromatic heterocycles. The van der Waals surface area contributed by atoms with E-state index in [1.54, 1.807) is 31.3 Å². The molecule has 0 unspecified atom stereocenters. The number of hydrogen-bond donors (Lipinski definition) is 0. The highest BCUT2D eigenvalue weighted by Gasteiger charge is 2.14. The van der Waals surface area contributed by atoms with Crippen molar-refractivity contribution in [2.45, 2.75) is 6.54 Å². The Bertz CT molecular complexity index is 916. The normalized spacial score (nSPS) is 10.5. The van der Waals surface area contributed by atoms with Crippen LogP contribution in [0.4, 0.5) is 14.5 Å². The summed E-state index contributed by atoms with van der Waals surface area (Å²) in [5.74, 6) is -1.06. The van der Waals surface area contributed by atoms with Gasteiger partial charge in [0.15, 0.2) is 0 Å². The number of rotatable bonds is 3. The van der Waals surface area contributed by atoms with Crippen molar-refractivity contribution >= 4 is 16.6 Å². The van der Waals surface area contributed by atoms with Crippen LogP contribution in [0.25, 0.3) is 10.9 Å². The van der Waals surface area contributed by atoms with Crippen LogP contribution in [-0.2, 0) is 6.54 Å². The minimum Gasteiger partial charge on any atom is -0.370 e. The molecule has 5 heteroatoms. The molecule has 23 heavy (non-hydrogen) atoms. The highest BCUT2D eigenvalue weighted by atomic mass is 19.1. The highest BCUT2D eigenvalue weighted by Crippen LogP contribution is 2.29. The molecule has 2 aromatic carbocycles. The van der Waals surface area contributed by atoms with E-state index in [0.29, 0.717) is 17.8 Å². The summed E-state index contributed by atoms with van der Waals surface area (Å²) in [5, 5.41) is 9.12. The van der Waals surface area contributed by atoms with Gasteiger partial charge >= 0.3 is 0 Å². The lowest BCUT2D eigenvalue weighted by atomic mass is 10.1. The molecule has 0 saturated carbocycles. The maximum absolute atomic E-state index is 14.2. The zero-order chi connectivity index (χ0) is 16.4. The molecule has 0 aliphatic rings. The number of aromatic nitrogens is 1. The van der Waals surface area contributed by atoms with Gasteiger partial charge in [-0.3, -0.25) is 4.98 Å². The Kier molecular flexibility index (Phi) is 3.90. The van der Waals surface area contributed by atoms with Crippen molar-refractivity contribution in [2.75, 3.05) is 11.9 Å². The second kappa shape index (κ2) is 6.01. The molecular formula is C18H13F2N3. The molecule has 0 fully saturated rings. The Morgan fingerprint density at radius 3 is 2.70 bits per heavy atom. The van der Waals surface area contributed by atoms with Crippen molar-refractivity contribution < 1.29 is 8.78 Å². The van der Waals surface area contributed by atoms with Crippen LogP contribution < -0.4 is 4.90 Å². The van der Waals surface area contributed by atoms with Crippen molar-refractivity contribution in [2.24, 2.45) is 0 Å². The van der Waals surface area contributed by atoms with Gasteiger partial charge in [-0.15, -0.1) is 0 Å². The third-order valence-electron chi connectivity index (χ3n) is 3.66. The molecular weight excluding hydrogens is 296 g/mol. The summed E-state index contributed by atoms with van der Waals surface area (Å²) in [4.78, 5) is 5.74. The Morgan fingerprint density at radius 1 is 1.13 bits per heavy atom. The fraction of sp³-hybridized carbons (Fsp3) is 0.111. The predicted octanol–water partition coefficient (Wildman–Crippen LogP) is 4.02. The Hall–Kier alpha value is -3.00. The van der Waals surface area contributed by atoms with Crippen molar-refractivity contribution in [1.29, 1.82) is 5.26 Å². The van der Waals surface area contributed by atoms with Gasteiger partial charge in [-0.05, 0) is 35.9 Å². The average Bonchev–Trinajstić information content (AvgIpc) is 2.58. The SMILES string of the molecule is CN(Cc1cccc(C#N)c1)c1ccnc2c(F)ccc(F)c12. The fourth-order valence-corrected chi connectivity index (χ4v) is 2.59. The van der Waals surface area contributed by atoms with Gasteiger partial charge in [0, 0.05) is 19.8 Å². The lowest BCUT2D eigenvalue weighted by molar-refractivity contribution is 0.615. The number of benzene rings is 2. The molecule has 0 saturated heterocycles. The molecule has 0 aliphatic carbocycles. The van der Waals surface area contributed by atoms with Crippen molar-refractivity contribution in [3.8, 4) is 6.07 Å². The molecule has 3 aromatic rings. The van der Waals surface area contributed by atoms with Crippen LogP contribution in [0.5, 0.6) is 0 Å². The molecule has 1 heterocycles. The largest absolute Gasteiger partial charge is 0.370 e. The van der Waals surface area contributed by atoms with E-state index < -0.39 is 11.6 Å². The van der Waals surface area contributed by atoms with Crippen LogP contribution in [0.2, 0.25) is 0 Å². The van der Waals surface area contributed by atoms with Gasteiger partial charge in [-0.1, -0.05) is 12.1 Å². The van der Waals surface area contributed by atoms with Gasteiger partial charge < -0.3 is 4.90 Å². The standard InChI is InChI=1S/C18H13F2N3/c1-23(11-13-4-2-3-12(9-13)10-21)16-7-8-22-18-15(20)6-5-14(19)17(16)18/h2-9H,11H2,1H3. The first kappa shape index (κ1) is 14.9. The van der Waals surface area contributed by atoms with E-state index in [4.69, 9.17) is 5.26 Å². The van der Waals surface area contributed by atoms with E-state index in [1.165, 1.54) is 6.20 Å². The van der Waals surface area contributed by atoms with E-state index in [0.717, 1.165) is 17.7 Å². The molecule has 0 amide bonds. The van der Waals surface area contributed by atoms with Gasteiger partial charge in [0.2, 0.25) is 0 Å². The Labute approximate surface area is 132 Å². The van der Waals surface area contributed by atoms with Gasteiger partial charge in [-0.25, -0.2) is 8.78 Å². The smallest absolute Gasteiger partial charge is 0.149 e. The van der Waals surface area contributed by atoms with Crippen molar-refractivity contribution in [1.82, 2.24) is 4.98 Å². The van der Waals surface area contributed by atoms with Crippen molar-refractivity contribution in [3.63, 3.8) is 0 Å². The van der Waals surface area contributed by atoms with Crippen LogP contribution >= 0.6 is 0 Å². The topological polar surface area (TPSA) is 39.9 Å². The van der Waals surface area contributed by atoms with Crippen LogP contribution in [-0.4, -0.2) is 12.0 Å². The van der Waals surface area contributed by atoms with Crippen molar-refractivity contribution in [3.05, 3.63) is 71.4 Å². The lowest BCUT2D eigenvalue weighted by Crippen LogP contribution is -2.17. The third-order valence-corrected chi connectivity index (χ3v) is 3.66.